The van der Waals surface area contributed by atoms with Gasteiger partial charge in [-0.05, 0) is 178 Å². The van der Waals surface area contributed by atoms with Gasteiger partial charge in [0.2, 0.25) is 23.5 Å². The summed E-state index contributed by atoms with van der Waals surface area (Å²) in [4.78, 5) is 103. The van der Waals surface area contributed by atoms with Gasteiger partial charge >= 0.3 is 0 Å². The highest BCUT2D eigenvalue weighted by Crippen LogP contribution is 2.47. The number of carbonyl (C=O) groups excluding carboxylic acids is 4. The zero-order chi connectivity index (χ0) is 79.2. The van der Waals surface area contributed by atoms with Crippen molar-refractivity contribution < 1.29 is 38.1 Å². The van der Waals surface area contributed by atoms with Crippen molar-refractivity contribution in [2.45, 2.75) is 153 Å². The zero-order valence-electron chi connectivity index (χ0n) is 64.7. The Balaban J connectivity index is 0.000000111. The molecule has 8 aliphatic heterocycles. The summed E-state index contributed by atoms with van der Waals surface area (Å²) >= 11 is 0. The number of fused-ring (bicyclic) bond motifs is 8. The van der Waals surface area contributed by atoms with Crippen LogP contribution in [0.3, 0.4) is 0 Å². The molecule has 12 aromatic heterocycles. The van der Waals surface area contributed by atoms with Crippen LogP contribution in [0.5, 0.6) is 23.5 Å². The first-order valence-electron chi connectivity index (χ1n) is 39.7. The van der Waals surface area contributed by atoms with Crippen LogP contribution in [0.4, 0.5) is 0 Å². The third-order valence-corrected chi connectivity index (χ3v) is 23.3. The van der Waals surface area contributed by atoms with Crippen LogP contribution < -0.4 is 18.9 Å². The standard InChI is InChI=1S/4C21H22N6O2/c4*1-14-5-7-18(27-23-10-11-24-27)20(25-14)21(28)26-16-6-8-17(26)15(12-16)13-29-19-4-2-3-9-22-19/h4*2-5,7,9-11,15-17H,6,8,12-13H2,1H3. The second kappa shape index (κ2) is 33.9. The van der Waals surface area contributed by atoms with E-state index < -0.39 is 0 Å². The van der Waals surface area contributed by atoms with Crippen molar-refractivity contribution in [1.82, 2.24) is 119 Å². The third kappa shape index (κ3) is 16.0. The van der Waals surface area contributed by atoms with E-state index >= 15 is 0 Å². The molecule has 20 heterocycles. The molecule has 12 aromatic rings. The summed E-state index contributed by atoms with van der Waals surface area (Å²) in [6, 6.07) is 39.0. The molecule has 8 fully saturated rings. The minimum atomic E-state index is -0.0474. The predicted molar refractivity (Wildman–Crippen MR) is 419 cm³/mol. The minimum absolute atomic E-state index is 0.0474. The van der Waals surface area contributed by atoms with Crippen molar-refractivity contribution >= 4 is 23.6 Å². The molecule has 0 aliphatic carbocycles. The fraction of sp³-hybridized carbons (Fsp3) is 0.381. The number of nitrogens with zero attached hydrogens (tertiary/aromatic N) is 24. The van der Waals surface area contributed by atoms with Crippen molar-refractivity contribution in [3.05, 3.63) is 241 Å². The molecule has 12 unspecified atom stereocenters. The molecule has 8 saturated heterocycles. The van der Waals surface area contributed by atoms with E-state index in [1.54, 1.807) is 74.4 Å². The number of hydrogen-bond donors (Lipinski definition) is 0. The Morgan fingerprint density at radius 1 is 0.284 bits per heavy atom. The lowest BCUT2D eigenvalue weighted by Crippen LogP contribution is -2.38. The number of carbonyl (C=O) groups is 4. The molecule has 32 nitrogen and oxygen atoms in total. The number of amides is 4. The summed E-state index contributed by atoms with van der Waals surface area (Å²) in [5.74, 6) is 3.52. The molecule has 0 aromatic carbocycles. The van der Waals surface area contributed by atoms with E-state index in [4.69, 9.17) is 18.9 Å². The van der Waals surface area contributed by atoms with Crippen LogP contribution in [0, 0.1) is 51.4 Å². The van der Waals surface area contributed by atoms with E-state index in [1.807, 2.05) is 169 Å². The summed E-state index contributed by atoms with van der Waals surface area (Å²) in [5, 5.41) is 33.5. The molecule has 0 N–H and O–H groups in total. The Kier molecular flexibility index (Phi) is 22.1. The molecule has 8 aliphatic rings. The van der Waals surface area contributed by atoms with Crippen molar-refractivity contribution in [2.75, 3.05) is 26.4 Å². The number of hydrogen-bond acceptors (Lipinski definition) is 24. The Bertz CT molecular complexity index is 4690. The second-order valence-electron chi connectivity index (χ2n) is 30.5. The van der Waals surface area contributed by atoms with Gasteiger partial charge in [-0.2, -0.15) is 40.8 Å². The van der Waals surface area contributed by atoms with Crippen molar-refractivity contribution in [2.24, 2.45) is 23.7 Å². The SMILES string of the molecule is Cc1ccc(-n2nccn2)c(C(=O)N2C3CCC2C(COc2ccccn2)C3)n1.Cc1ccc(-n2nccn2)c(C(=O)N2C3CCC2C(COc2ccccn2)C3)n1.Cc1ccc(-n2nccn2)c(C(=O)N2C3CCC2C(COc2ccccn2)C3)n1.Cc1ccc(-n2nccn2)c(C(=O)N2C3CCC2C(COc2ccccn2)C3)n1. The van der Waals surface area contributed by atoms with E-state index in [0.717, 1.165) is 99.8 Å². The summed E-state index contributed by atoms with van der Waals surface area (Å²) in [7, 11) is 0. The van der Waals surface area contributed by atoms with Gasteiger partial charge in [0.25, 0.3) is 23.6 Å². The normalized spacial score (nSPS) is 22.8. The van der Waals surface area contributed by atoms with Gasteiger partial charge < -0.3 is 38.5 Å². The largest absolute Gasteiger partial charge is 0.477 e. The molecule has 8 bridgehead atoms. The van der Waals surface area contributed by atoms with Gasteiger partial charge in [-0.25, -0.2) is 39.9 Å². The van der Waals surface area contributed by atoms with Gasteiger partial charge in [0, 0.05) is 144 Å². The maximum atomic E-state index is 13.5. The number of aryl methyl sites for hydroxylation is 4. The first-order chi connectivity index (χ1) is 56.8. The molecular formula is C84H88N24O8. The number of ether oxygens (including phenoxy) is 4. The molecule has 116 heavy (non-hydrogen) atoms. The maximum Gasteiger partial charge on any atom is 0.275 e. The van der Waals surface area contributed by atoms with E-state index in [0.29, 0.717) is 119 Å². The van der Waals surface area contributed by atoms with E-state index in [-0.39, 0.29) is 72.0 Å². The smallest absolute Gasteiger partial charge is 0.275 e. The molecule has 592 valence electrons. The number of aromatic nitrogens is 20. The Labute approximate surface area is 668 Å². The van der Waals surface area contributed by atoms with Gasteiger partial charge in [-0.15, -0.1) is 19.2 Å². The predicted octanol–water partition coefficient (Wildman–Crippen LogP) is 9.75. The lowest BCUT2D eigenvalue weighted by Gasteiger charge is -2.25. The Morgan fingerprint density at radius 3 is 0.698 bits per heavy atom. The van der Waals surface area contributed by atoms with Crippen LogP contribution in [0.25, 0.3) is 22.7 Å². The summed E-state index contributed by atoms with van der Waals surface area (Å²) < 4.78 is 23.6. The summed E-state index contributed by atoms with van der Waals surface area (Å²) in [5.41, 5.74) is 7.25. The highest BCUT2D eigenvalue weighted by atomic mass is 16.5. The van der Waals surface area contributed by atoms with Gasteiger partial charge in [0.15, 0.2) is 22.8 Å². The Morgan fingerprint density at radius 2 is 0.500 bits per heavy atom. The van der Waals surface area contributed by atoms with E-state index in [1.165, 1.54) is 19.2 Å². The van der Waals surface area contributed by atoms with Crippen molar-refractivity contribution in [3.63, 3.8) is 0 Å². The van der Waals surface area contributed by atoms with Crippen LogP contribution in [0.1, 0.15) is 142 Å². The van der Waals surface area contributed by atoms with Gasteiger partial charge in [0.1, 0.15) is 22.7 Å². The molecule has 0 saturated carbocycles. The highest BCUT2D eigenvalue weighted by molar-refractivity contribution is 5.99. The second-order valence-corrected chi connectivity index (χ2v) is 30.5. The molecule has 0 radical (unpaired) electrons. The van der Waals surface area contributed by atoms with Crippen LogP contribution in [-0.2, 0) is 0 Å². The van der Waals surface area contributed by atoms with Gasteiger partial charge in [0.05, 0.1) is 76.0 Å². The maximum absolute atomic E-state index is 13.5. The monoisotopic (exact) mass is 1560 g/mol. The van der Waals surface area contributed by atoms with Crippen LogP contribution in [0.2, 0.25) is 0 Å². The first-order valence-corrected chi connectivity index (χ1v) is 39.7. The van der Waals surface area contributed by atoms with Gasteiger partial charge in [-0.3, -0.25) is 19.2 Å². The highest BCUT2D eigenvalue weighted by Gasteiger charge is 2.54. The molecular weight excluding hydrogens is 1470 g/mol. The number of pyridine rings is 8. The van der Waals surface area contributed by atoms with Crippen LogP contribution >= 0.6 is 0 Å². The minimum Gasteiger partial charge on any atom is -0.477 e. The van der Waals surface area contributed by atoms with Crippen molar-refractivity contribution in [1.29, 1.82) is 0 Å². The van der Waals surface area contributed by atoms with Crippen LogP contribution in [0.15, 0.2) is 196 Å². The first kappa shape index (κ1) is 75.5. The van der Waals surface area contributed by atoms with E-state index in [2.05, 4.69) is 80.7 Å². The fourth-order valence-corrected chi connectivity index (χ4v) is 18.3. The topological polar surface area (TPSA) is 344 Å². The third-order valence-electron chi connectivity index (χ3n) is 23.3. The molecule has 4 amide bonds. The summed E-state index contributed by atoms with van der Waals surface area (Å²) in [6.07, 6.45) is 31.5. The number of rotatable bonds is 20. The quantitative estimate of drug-likeness (QED) is 0.0684. The van der Waals surface area contributed by atoms with Crippen LogP contribution in [-0.4, -0.2) is 218 Å². The summed E-state index contributed by atoms with van der Waals surface area (Å²) in [6.45, 7) is 9.82. The van der Waals surface area contributed by atoms with Gasteiger partial charge in [-0.1, -0.05) is 24.3 Å². The average Bonchev–Trinajstić information content (AvgIpc) is 1.61. The molecule has 12 atom stereocenters. The molecule has 32 heteroatoms. The van der Waals surface area contributed by atoms with Crippen molar-refractivity contribution in [3.8, 4) is 46.3 Å². The lowest BCUT2D eigenvalue weighted by molar-refractivity contribution is 0.0695. The lowest BCUT2D eigenvalue weighted by atomic mass is 9.90. The Hall–Kier alpha value is -13.2. The zero-order valence-corrected chi connectivity index (χ0v) is 64.7. The molecule has 0 spiro atoms. The molecule has 20 rings (SSSR count). The fourth-order valence-electron chi connectivity index (χ4n) is 18.3. The average molecular weight is 1560 g/mol. The van der Waals surface area contributed by atoms with E-state index in [9.17, 15) is 19.2 Å².